The highest BCUT2D eigenvalue weighted by atomic mass is 32.2. The van der Waals surface area contributed by atoms with Gasteiger partial charge in [0.15, 0.2) is 0 Å². The van der Waals surface area contributed by atoms with E-state index in [1.165, 1.54) is 39.1 Å². The largest absolute Gasteiger partial charge is 0.352 e. The SMILES string of the molecule is O=C(NCCCc1nc2c(s1)CCCC2)c1ccc(N2CCCS2(=O)=O)cc1. The lowest BCUT2D eigenvalue weighted by atomic mass is 10.0. The molecule has 0 bridgehead atoms. The van der Waals surface area contributed by atoms with E-state index in [2.05, 4.69) is 5.32 Å². The Balaban J connectivity index is 1.26. The van der Waals surface area contributed by atoms with Gasteiger partial charge in [0.2, 0.25) is 10.0 Å². The molecule has 1 fully saturated rings. The van der Waals surface area contributed by atoms with Crippen LogP contribution in [0.5, 0.6) is 0 Å². The molecule has 0 atom stereocenters. The number of nitrogens with zero attached hydrogens (tertiary/aromatic N) is 2. The number of rotatable bonds is 6. The van der Waals surface area contributed by atoms with Crippen molar-refractivity contribution < 1.29 is 13.2 Å². The highest BCUT2D eigenvalue weighted by Crippen LogP contribution is 2.27. The first-order valence-electron chi connectivity index (χ1n) is 9.89. The number of hydrogen-bond acceptors (Lipinski definition) is 5. The van der Waals surface area contributed by atoms with E-state index in [4.69, 9.17) is 4.98 Å². The Kier molecular flexibility index (Phi) is 5.68. The van der Waals surface area contributed by atoms with Gasteiger partial charge in [-0.15, -0.1) is 11.3 Å². The standard InChI is InChI=1S/C20H25N3O3S2/c24-20(15-8-10-16(11-9-15)23-13-4-14-28(23,25)26)21-12-3-7-19-22-17-5-1-2-6-18(17)27-19/h8-11H,1-7,12-14H2,(H,21,24). The summed E-state index contributed by atoms with van der Waals surface area (Å²) >= 11 is 1.83. The number of anilines is 1. The molecule has 1 N–H and O–H groups in total. The van der Waals surface area contributed by atoms with Gasteiger partial charge >= 0.3 is 0 Å². The lowest BCUT2D eigenvalue weighted by Crippen LogP contribution is -2.26. The summed E-state index contributed by atoms with van der Waals surface area (Å²) in [5.41, 5.74) is 2.46. The van der Waals surface area contributed by atoms with Crippen LogP contribution < -0.4 is 9.62 Å². The van der Waals surface area contributed by atoms with Gasteiger partial charge in [0.1, 0.15) is 0 Å². The molecule has 1 aliphatic heterocycles. The number of fused-ring (bicyclic) bond motifs is 1. The molecule has 0 saturated carbocycles. The Morgan fingerprint density at radius 2 is 1.93 bits per heavy atom. The fourth-order valence-electron chi connectivity index (χ4n) is 3.76. The number of aromatic nitrogens is 1. The average Bonchev–Trinajstić information content (AvgIpc) is 3.27. The number of sulfonamides is 1. The Morgan fingerprint density at radius 1 is 1.14 bits per heavy atom. The Bertz CT molecular complexity index is 928. The maximum absolute atomic E-state index is 12.3. The second-order valence-electron chi connectivity index (χ2n) is 7.33. The zero-order valence-corrected chi connectivity index (χ0v) is 17.4. The fraction of sp³-hybridized carbons (Fsp3) is 0.500. The second kappa shape index (κ2) is 8.21. The summed E-state index contributed by atoms with van der Waals surface area (Å²) in [6, 6.07) is 6.79. The second-order valence-corrected chi connectivity index (χ2v) is 10.5. The summed E-state index contributed by atoms with van der Waals surface area (Å²) in [5.74, 6) is 0.0615. The van der Waals surface area contributed by atoms with E-state index in [-0.39, 0.29) is 11.7 Å². The van der Waals surface area contributed by atoms with E-state index in [0.29, 0.717) is 30.8 Å². The summed E-state index contributed by atoms with van der Waals surface area (Å²) in [6.07, 6.45) is 7.19. The molecule has 2 aromatic rings. The van der Waals surface area contributed by atoms with Crippen LogP contribution >= 0.6 is 11.3 Å². The van der Waals surface area contributed by atoms with E-state index in [0.717, 1.165) is 19.3 Å². The number of carbonyl (C=O) groups excluding carboxylic acids is 1. The van der Waals surface area contributed by atoms with Gasteiger partial charge in [0.25, 0.3) is 5.91 Å². The summed E-state index contributed by atoms with van der Waals surface area (Å²) in [5, 5.41) is 4.12. The van der Waals surface area contributed by atoms with Crippen molar-refractivity contribution in [1.82, 2.24) is 10.3 Å². The Labute approximate surface area is 170 Å². The first-order chi connectivity index (χ1) is 13.5. The predicted octanol–water partition coefficient (Wildman–Crippen LogP) is 2.92. The molecule has 6 nitrogen and oxygen atoms in total. The van der Waals surface area contributed by atoms with Crippen molar-refractivity contribution in [3.05, 3.63) is 45.4 Å². The smallest absolute Gasteiger partial charge is 0.251 e. The first-order valence-corrected chi connectivity index (χ1v) is 12.3. The van der Waals surface area contributed by atoms with Crippen molar-refractivity contribution in [3.63, 3.8) is 0 Å². The number of benzene rings is 1. The maximum Gasteiger partial charge on any atom is 0.251 e. The van der Waals surface area contributed by atoms with Crippen LogP contribution in [-0.4, -0.2) is 38.2 Å². The van der Waals surface area contributed by atoms with Gasteiger partial charge in [-0.05, 0) is 62.8 Å². The zero-order chi connectivity index (χ0) is 19.6. The third-order valence-electron chi connectivity index (χ3n) is 5.26. The summed E-state index contributed by atoms with van der Waals surface area (Å²) < 4.78 is 25.4. The van der Waals surface area contributed by atoms with E-state index >= 15 is 0 Å². The van der Waals surface area contributed by atoms with Gasteiger partial charge in [0.05, 0.1) is 22.1 Å². The number of aryl methyl sites for hydroxylation is 3. The van der Waals surface area contributed by atoms with Crippen LogP contribution in [0, 0.1) is 0 Å². The van der Waals surface area contributed by atoms with Crippen molar-refractivity contribution in [2.45, 2.75) is 44.9 Å². The molecule has 150 valence electrons. The lowest BCUT2D eigenvalue weighted by Gasteiger charge is -2.17. The molecule has 1 aliphatic carbocycles. The number of amides is 1. The van der Waals surface area contributed by atoms with Crippen molar-refractivity contribution in [3.8, 4) is 0 Å². The van der Waals surface area contributed by atoms with Gasteiger partial charge in [0, 0.05) is 30.0 Å². The van der Waals surface area contributed by atoms with E-state index in [1.54, 1.807) is 24.3 Å². The van der Waals surface area contributed by atoms with Gasteiger partial charge in [-0.25, -0.2) is 13.4 Å². The minimum absolute atomic E-state index is 0.130. The monoisotopic (exact) mass is 419 g/mol. The molecule has 0 radical (unpaired) electrons. The molecule has 0 unspecified atom stereocenters. The van der Waals surface area contributed by atoms with Gasteiger partial charge in [-0.3, -0.25) is 9.10 Å². The van der Waals surface area contributed by atoms with Crippen molar-refractivity contribution in [2.24, 2.45) is 0 Å². The third-order valence-corrected chi connectivity index (χ3v) is 8.35. The van der Waals surface area contributed by atoms with Crippen molar-refractivity contribution >= 4 is 33.0 Å². The quantitative estimate of drug-likeness (QED) is 0.730. The highest BCUT2D eigenvalue weighted by Gasteiger charge is 2.28. The Hall–Kier alpha value is -1.93. The summed E-state index contributed by atoms with van der Waals surface area (Å²) in [4.78, 5) is 18.5. The van der Waals surface area contributed by atoms with Gasteiger partial charge < -0.3 is 5.32 Å². The zero-order valence-electron chi connectivity index (χ0n) is 15.8. The summed E-state index contributed by atoms with van der Waals surface area (Å²) in [6.45, 7) is 1.11. The number of thiazole rings is 1. The van der Waals surface area contributed by atoms with E-state index in [9.17, 15) is 13.2 Å². The predicted molar refractivity (Wildman–Crippen MR) is 112 cm³/mol. The number of nitrogens with one attached hydrogen (secondary N) is 1. The molecule has 1 aromatic heterocycles. The molecule has 1 saturated heterocycles. The normalized spacial score (nSPS) is 18.1. The van der Waals surface area contributed by atoms with Crippen molar-refractivity contribution in [2.75, 3.05) is 23.1 Å². The van der Waals surface area contributed by atoms with Crippen LogP contribution in [0.4, 0.5) is 5.69 Å². The van der Waals surface area contributed by atoms with E-state index < -0.39 is 10.0 Å². The third kappa shape index (κ3) is 4.22. The molecule has 8 heteroatoms. The average molecular weight is 420 g/mol. The maximum atomic E-state index is 12.3. The Morgan fingerprint density at radius 3 is 2.64 bits per heavy atom. The van der Waals surface area contributed by atoms with Crippen LogP contribution in [0.3, 0.4) is 0 Å². The van der Waals surface area contributed by atoms with Crippen LogP contribution in [0.15, 0.2) is 24.3 Å². The molecule has 0 spiro atoms. The fourth-order valence-corrected chi connectivity index (χ4v) is 6.53. The van der Waals surface area contributed by atoms with Crippen LogP contribution in [0.25, 0.3) is 0 Å². The molecule has 4 rings (SSSR count). The van der Waals surface area contributed by atoms with E-state index in [1.807, 2.05) is 11.3 Å². The molecule has 1 aromatic carbocycles. The number of hydrogen-bond donors (Lipinski definition) is 1. The number of carbonyl (C=O) groups is 1. The molecular weight excluding hydrogens is 394 g/mol. The molecule has 2 heterocycles. The van der Waals surface area contributed by atoms with Crippen LogP contribution in [-0.2, 0) is 29.3 Å². The molecule has 2 aliphatic rings. The van der Waals surface area contributed by atoms with Crippen LogP contribution in [0.2, 0.25) is 0 Å². The van der Waals surface area contributed by atoms with Gasteiger partial charge in [-0.2, -0.15) is 0 Å². The highest BCUT2D eigenvalue weighted by molar-refractivity contribution is 7.93. The molecule has 28 heavy (non-hydrogen) atoms. The molecular formula is C20H25N3O3S2. The molecule has 1 amide bonds. The van der Waals surface area contributed by atoms with Gasteiger partial charge in [-0.1, -0.05) is 0 Å². The minimum Gasteiger partial charge on any atom is -0.352 e. The van der Waals surface area contributed by atoms with Crippen molar-refractivity contribution in [1.29, 1.82) is 0 Å². The topological polar surface area (TPSA) is 79.4 Å². The first kappa shape index (κ1) is 19.4. The lowest BCUT2D eigenvalue weighted by molar-refractivity contribution is 0.0953. The van der Waals surface area contributed by atoms with Crippen LogP contribution in [0.1, 0.15) is 51.6 Å². The minimum atomic E-state index is -3.19. The summed E-state index contributed by atoms with van der Waals surface area (Å²) in [7, 11) is -3.19.